The average molecular weight is 450 g/mol. The Morgan fingerprint density at radius 3 is 2.52 bits per heavy atom. The van der Waals surface area contributed by atoms with Crippen molar-refractivity contribution in [1.82, 2.24) is 9.88 Å². The number of pyridine rings is 1. The van der Waals surface area contributed by atoms with Gasteiger partial charge in [0, 0.05) is 29.0 Å². The Balaban J connectivity index is 1.65. The molecule has 0 N–H and O–H groups in total. The predicted molar refractivity (Wildman–Crippen MR) is 121 cm³/mol. The van der Waals surface area contributed by atoms with Crippen LogP contribution >= 0.6 is 23.2 Å². The highest BCUT2D eigenvalue weighted by Crippen LogP contribution is 2.40. The van der Waals surface area contributed by atoms with E-state index >= 15 is 0 Å². The lowest BCUT2D eigenvalue weighted by Gasteiger charge is -2.21. The summed E-state index contributed by atoms with van der Waals surface area (Å²) in [5.41, 5.74) is 3.83. The highest BCUT2D eigenvalue weighted by molar-refractivity contribution is 6.41. The number of fused-ring (bicyclic) bond motifs is 1. The molecule has 0 unspecified atom stereocenters. The number of para-hydroxylation sites is 1. The quantitative estimate of drug-likeness (QED) is 0.540. The molecule has 0 saturated heterocycles. The fraction of sp³-hybridized carbons (Fsp3) is 0.125. The number of rotatable bonds is 4. The molecule has 0 fully saturated rings. The van der Waals surface area contributed by atoms with Crippen molar-refractivity contribution >= 4 is 46.3 Å². The van der Waals surface area contributed by atoms with Gasteiger partial charge >= 0.3 is 0 Å². The lowest BCUT2D eigenvalue weighted by Crippen LogP contribution is -2.34. The minimum absolute atomic E-state index is 0.0895. The molecule has 0 aliphatic carbocycles. The van der Waals surface area contributed by atoms with Crippen molar-refractivity contribution in [3.8, 4) is 0 Å². The molecule has 2 amide bonds. The standard InChI is InChI=1S/C24H17Cl2N3O2/c25-16-8-9-18(19(26)13-16)21-22(28-12-10-15-5-1-2-7-20(15)28)24(31)29(23(21)30)14-17-6-3-4-11-27-17/h1-9,11,13H,10,12,14H2. The first-order valence-corrected chi connectivity index (χ1v) is 10.6. The molecule has 1 aromatic heterocycles. The van der Waals surface area contributed by atoms with Gasteiger partial charge in [-0.1, -0.05) is 53.5 Å². The molecule has 3 aromatic rings. The fourth-order valence-corrected chi connectivity index (χ4v) is 4.62. The number of anilines is 1. The van der Waals surface area contributed by atoms with E-state index in [0.717, 1.165) is 17.7 Å². The number of hydrogen-bond acceptors (Lipinski definition) is 4. The Kier molecular flexibility index (Phi) is 5.00. The summed E-state index contributed by atoms with van der Waals surface area (Å²) < 4.78 is 0. The molecule has 7 heteroatoms. The zero-order valence-corrected chi connectivity index (χ0v) is 17.9. The molecule has 2 aromatic carbocycles. The normalized spacial score (nSPS) is 15.8. The Hall–Kier alpha value is -3.15. The van der Waals surface area contributed by atoms with E-state index < -0.39 is 0 Å². The number of nitrogens with zero attached hydrogens (tertiary/aromatic N) is 3. The van der Waals surface area contributed by atoms with Gasteiger partial charge in [0.15, 0.2) is 0 Å². The first kappa shape index (κ1) is 19.8. The second kappa shape index (κ2) is 7.84. The molecule has 31 heavy (non-hydrogen) atoms. The summed E-state index contributed by atoms with van der Waals surface area (Å²) in [7, 11) is 0. The Bertz CT molecular complexity index is 1240. The van der Waals surface area contributed by atoms with Gasteiger partial charge in [-0.2, -0.15) is 0 Å². The van der Waals surface area contributed by atoms with Gasteiger partial charge in [-0.25, -0.2) is 0 Å². The van der Waals surface area contributed by atoms with Crippen LogP contribution in [0.1, 0.15) is 16.8 Å². The highest BCUT2D eigenvalue weighted by Gasteiger charge is 2.43. The van der Waals surface area contributed by atoms with Crippen LogP contribution in [0.2, 0.25) is 10.0 Å². The van der Waals surface area contributed by atoms with Gasteiger partial charge in [0.2, 0.25) is 0 Å². The van der Waals surface area contributed by atoms with Crippen molar-refractivity contribution in [2.45, 2.75) is 13.0 Å². The first-order chi connectivity index (χ1) is 15.0. The molecule has 0 radical (unpaired) electrons. The molecule has 154 valence electrons. The number of imide groups is 1. The number of halogens is 2. The molecule has 0 spiro atoms. The molecule has 5 nitrogen and oxygen atoms in total. The summed E-state index contributed by atoms with van der Waals surface area (Å²) in [6.45, 7) is 0.700. The van der Waals surface area contributed by atoms with Crippen LogP contribution in [0.4, 0.5) is 5.69 Å². The number of carbonyl (C=O) groups excluding carboxylic acids is 2. The van der Waals surface area contributed by atoms with Crippen molar-refractivity contribution in [1.29, 1.82) is 0 Å². The zero-order chi connectivity index (χ0) is 21.5. The summed E-state index contributed by atoms with van der Waals surface area (Å²) in [5.74, 6) is -0.743. The average Bonchev–Trinajstić information content (AvgIpc) is 3.29. The highest BCUT2D eigenvalue weighted by atomic mass is 35.5. The smallest absolute Gasteiger partial charge is 0.278 e. The van der Waals surface area contributed by atoms with E-state index in [4.69, 9.17) is 23.2 Å². The van der Waals surface area contributed by atoms with E-state index in [2.05, 4.69) is 4.98 Å². The zero-order valence-electron chi connectivity index (χ0n) is 16.4. The third kappa shape index (κ3) is 3.40. The van der Waals surface area contributed by atoms with Crippen molar-refractivity contribution in [2.75, 3.05) is 11.4 Å². The maximum atomic E-state index is 13.6. The second-order valence-electron chi connectivity index (χ2n) is 7.40. The van der Waals surface area contributed by atoms with Crippen molar-refractivity contribution in [3.05, 3.63) is 99.4 Å². The summed E-state index contributed by atoms with van der Waals surface area (Å²) in [6.07, 6.45) is 2.44. The van der Waals surface area contributed by atoms with E-state index in [0.29, 0.717) is 39.1 Å². The molecular weight excluding hydrogens is 433 g/mol. The van der Waals surface area contributed by atoms with Gasteiger partial charge in [0.1, 0.15) is 5.70 Å². The summed E-state index contributed by atoms with van der Waals surface area (Å²) in [6, 6.07) is 18.3. The van der Waals surface area contributed by atoms with Gasteiger partial charge < -0.3 is 4.90 Å². The van der Waals surface area contributed by atoms with Crippen LogP contribution in [0.25, 0.3) is 5.57 Å². The third-order valence-electron chi connectivity index (χ3n) is 5.55. The number of amides is 2. The van der Waals surface area contributed by atoms with Gasteiger partial charge in [-0.05, 0) is 42.3 Å². The maximum Gasteiger partial charge on any atom is 0.278 e. The molecule has 5 rings (SSSR count). The topological polar surface area (TPSA) is 53.5 Å². The van der Waals surface area contributed by atoms with Crippen molar-refractivity contribution < 1.29 is 9.59 Å². The van der Waals surface area contributed by atoms with Gasteiger partial charge in [0.05, 0.1) is 22.8 Å². The van der Waals surface area contributed by atoms with Gasteiger partial charge in [-0.3, -0.25) is 19.5 Å². The van der Waals surface area contributed by atoms with Crippen molar-refractivity contribution in [2.24, 2.45) is 0 Å². The molecule has 2 aliphatic rings. The first-order valence-electron chi connectivity index (χ1n) is 9.86. The van der Waals surface area contributed by atoms with E-state index in [9.17, 15) is 9.59 Å². The molecule has 0 atom stereocenters. The van der Waals surface area contributed by atoms with Crippen LogP contribution in [0.3, 0.4) is 0 Å². The van der Waals surface area contributed by atoms with E-state index in [1.807, 2.05) is 35.2 Å². The Morgan fingerprint density at radius 1 is 0.935 bits per heavy atom. The number of carbonyl (C=O) groups is 2. The van der Waals surface area contributed by atoms with Crippen LogP contribution in [0.15, 0.2) is 72.6 Å². The predicted octanol–water partition coefficient (Wildman–Crippen LogP) is 4.73. The van der Waals surface area contributed by atoms with Crippen LogP contribution in [0.5, 0.6) is 0 Å². The van der Waals surface area contributed by atoms with Gasteiger partial charge in [0.25, 0.3) is 11.8 Å². The molecule has 0 saturated carbocycles. The fourth-order valence-electron chi connectivity index (χ4n) is 4.12. The molecular formula is C24H17Cl2N3O2. The molecule has 0 bridgehead atoms. The summed E-state index contributed by atoms with van der Waals surface area (Å²) >= 11 is 12.5. The van der Waals surface area contributed by atoms with E-state index in [1.54, 1.807) is 36.5 Å². The minimum atomic E-state index is -0.390. The van der Waals surface area contributed by atoms with Crippen LogP contribution in [0, 0.1) is 0 Å². The van der Waals surface area contributed by atoms with Crippen molar-refractivity contribution in [3.63, 3.8) is 0 Å². The monoisotopic (exact) mass is 449 g/mol. The van der Waals surface area contributed by atoms with Gasteiger partial charge in [-0.15, -0.1) is 0 Å². The van der Waals surface area contributed by atoms with E-state index in [1.165, 1.54) is 4.90 Å². The maximum absolute atomic E-state index is 13.6. The number of aromatic nitrogens is 1. The SMILES string of the molecule is O=C1C(c2ccc(Cl)cc2Cl)=C(N2CCc3ccccc32)C(=O)N1Cc1ccccn1. The van der Waals surface area contributed by atoms with Crippen LogP contribution < -0.4 is 4.90 Å². The Labute approximate surface area is 189 Å². The number of hydrogen-bond donors (Lipinski definition) is 0. The largest absolute Gasteiger partial charge is 0.336 e. The van der Waals surface area contributed by atoms with E-state index in [-0.39, 0.29) is 18.4 Å². The molecule has 2 aliphatic heterocycles. The second-order valence-corrected chi connectivity index (χ2v) is 8.24. The summed E-state index contributed by atoms with van der Waals surface area (Å²) in [5, 5.41) is 0.790. The number of benzene rings is 2. The third-order valence-corrected chi connectivity index (χ3v) is 6.10. The lowest BCUT2D eigenvalue weighted by atomic mass is 10.0. The summed E-state index contributed by atoms with van der Waals surface area (Å²) in [4.78, 5) is 34.6. The lowest BCUT2D eigenvalue weighted by molar-refractivity contribution is -0.137. The van der Waals surface area contributed by atoms with Crippen LogP contribution in [-0.4, -0.2) is 28.2 Å². The Morgan fingerprint density at radius 2 is 1.74 bits per heavy atom. The van der Waals surface area contributed by atoms with Crippen LogP contribution in [-0.2, 0) is 22.6 Å². The molecule has 3 heterocycles. The minimum Gasteiger partial charge on any atom is -0.336 e.